The Labute approximate surface area is 192 Å². The first-order valence-electron chi connectivity index (χ1n) is 10.5. The standard InChI is InChI=1S/C17H23ClN2OS2.C6H4F2/c1-23(21,15-6-2-13(18)3-7-15)16-8-9-17-12(10-16)11-20(22-19-17)14-4-5-14;7-5-1-2-6(8)4-3-5/h2-3,6-7,12,14,16-17,19H,1,4-5,8-11H2;1-4H. The van der Waals surface area contributed by atoms with Crippen molar-refractivity contribution in [1.29, 1.82) is 0 Å². The second-order valence-electron chi connectivity index (χ2n) is 8.46. The van der Waals surface area contributed by atoms with E-state index in [4.69, 9.17) is 11.6 Å². The second-order valence-corrected chi connectivity index (χ2v) is 12.4. The second kappa shape index (κ2) is 9.79. The van der Waals surface area contributed by atoms with Gasteiger partial charge in [-0.1, -0.05) is 11.6 Å². The van der Waals surface area contributed by atoms with Crippen molar-refractivity contribution in [3.63, 3.8) is 0 Å². The Morgan fingerprint density at radius 3 is 2.19 bits per heavy atom. The zero-order chi connectivity index (χ0) is 22.0. The van der Waals surface area contributed by atoms with Gasteiger partial charge in [-0.05, 0) is 102 Å². The number of rotatable bonds is 3. The van der Waals surface area contributed by atoms with Crippen molar-refractivity contribution in [1.82, 2.24) is 9.03 Å². The quantitative estimate of drug-likeness (QED) is 0.457. The summed E-state index contributed by atoms with van der Waals surface area (Å²) in [7, 11) is -2.26. The summed E-state index contributed by atoms with van der Waals surface area (Å²) in [5.74, 6) is 3.91. The Balaban J connectivity index is 0.000000245. The summed E-state index contributed by atoms with van der Waals surface area (Å²) >= 11 is 7.77. The van der Waals surface area contributed by atoms with E-state index in [1.807, 2.05) is 36.4 Å². The van der Waals surface area contributed by atoms with Crippen LogP contribution >= 0.6 is 23.7 Å². The van der Waals surface area contributed by atoms with Crippen LogP contribution in [0.1, 0.15) is 32.1 Å². The van der Waals surface area contributed by atoms with Crippen LogP contribution in [0.5, 0.6) is 0 Å². The number of fused-ring (bicyclic) bond motifs is 1. The molecule has 0 radical (unpaired) electrons. The molecule has 2 saturated carbocycles. The van der Waals surface area contributed by atoms with Crippen molar-refractivity contribution in [2.75, 3.05) is 6.54 Å². The maximum absolute atomic E-state index is 13.4. The van der Waals surface area contributed by atoms with Crippen LogP contribution in [0.4, 0.5) is 8.78 Å². The highest BCUT2D eigenvalue weighted by Crippen LogP contribution is 2.41. The third kappa shape index (κ3) is 5.82. The molecule has 1 aliphatic heterocycles. The molecule has 5 rings (SSSR count). The van der Waals surface area contributed by atoms with E-state index in [2.05, 4.69) is 14.9 Å². The summed E-state index contributed by atoms with van der Waals surface area (Å²) in [6.45, 7) is 1.12. The van der Waals surface area contributed by atoms with E-state index in [9.17, 15) is 13.0 Å². The first kappa shape index (κ1) is 23.1. The van der Waals surface area contributed by atoms with E-state index in [1.165, 1.54) is 12.8 Å². The number of hydrogen-bond acceptors (Lipinski definition) is 4. The number of hydrogen-bond donors (Lipinski definition) is 1. The molecule has 2 aromatic carbocycles. The maximum atomic E-state index is 13.4. The van der Waals surface area contributed by atoms with Crippen LogP contribution in [0.25, 0.3) is 0 Å². The van der Waals surface area contributed by atoms with Gasteiger partial charge in [0.2, 0.25) is 0 Å². The van der Waals surface area contributed by atoms with Gasteiger partial charge in [0, 0.05) is 45.9 Å². The molecule has 3 fully saturated rings. The molecule has 31 heavy (non-hydrogen) atoms. The number of halogens is 3. The molecule has 3 aliphatic rings. The Hall–Kier alpha value is -1.12. The van der Waals surface area contributed by atoms with E-state index >= 15 is 0 Å². The molecular weight excluding hydrogens is 458 g/mol. The average molecular weight is 485 g/mol. The van der Waals surface area contributed by atoms with E-state index in [-0.39, 0.29) is 5.25 Å². The van der Waals surface area contributed by atoms with Gasteiger partial charge in [0.15, 0.2) is 0 Å². The first-order valence-corrected chi connectivity index (χ1v) is 13.5. The molecule has 0 amide bonds. The largest absolute Gasteiger partial charge is 0.263 e. The number of benzene rings is 2. The Morgan fingerprint density at radius 1 is 1.00 bits per heavy atom. The van der Waals surface area contributed by atoms with Crippen LogP contribution in [0.2, 0.25) is 5.02 Å². The van der Waals surface area contributed by atoms with Gasteiger partial charge in [-0.2, -0.15) is 0 Å². The highest BCUT2D eigenvalue weighted by molar-refractivity contribution is 8.01. The monoisotopic (exact) mass is 484 g/mol. The summed E-state index contributed by atoms with van der Waals surface area (Å²) in [5.41, 5.74) is 0. The Bertz CT molecular complexity index is 961. The van der Waals surface area contributed by atoms with E-state index in [0.29, 0.717) is 17.0 Å². The average Bonchev–Trinajstić information content (AvgIpc) is 3.61. The molecule has 0 spiro atoms. The molecule has 168 valence electrons. The van der Waals surface area contributed by atoms with Crippen molar-refractivity contribution in [3.8, 4) is 0 Å². The van der Waals surface area contributed by atoms with Crippen LogP contribution < -0.4 is 4.72 Å². The summed E-state index contributed by atoms with van der Waals surface area (Å²) in [6.07, 6.45) is 5.75. The molecule has 3 nitrogen and oxygen atoms in total. The smallest absolute Gasteiger partial charge is 0.123 e. The fourth-order valence-electron chi connectivity index (χ4n) is 4.20. The molecule has 4 atom stereocenters. The molecule has 2 aliphatic carbocycles. The van der Waals surface area contributed by atoms with Gasteiger partial charge in [0.1, 0.15) is 11.6 Å². The summed E-state index contributed by atoms with van der Waals surface area (Å²) < 4.78 is 43.3. The molecule has 0 aromatic heterocycles. The van der Waals surface area contributed by atoms with Gasteiger partial charge in [0.05, 0.1) is 0 Å². The SMILES string of the molecule is C=S(=O)(c1ccc(Cl)cc1)C1CCC2NSN(C3CC3)CC2C1.Fc1ccc(F)cc1. The van der Waals surface area contributed by atoms with E-state index < -0.39 is 21.2 Å². The van der Waals surface area contributed by atoms with Crippen molar-refractivity contribution in [2.45, 2.75) is 54.3 Å². The Morgan fingerprint density at radius 2 is 1.61 bits per heavy atom. The van der Waals surface area contributed by atoms with Crippen molar-refractivity contribution in [3.05, 3.63) is 65.2 Å². The van der Waals surface area contributed by atoms with Crippen molar-refractivity contribution in [2.24, 2.45) is 5.92 Å². The first-order chi connectivity index (χ1) is 14.8. The normalized spacial score (nSPS) is 28.0. The van der Waals surface area contributed by atoms with Crippen LogP contribution in [0.3, 0.4) is 0 Å². The zero-order valence-electron chi connectivity index (χ0n) is 17.2. The molecule has 0 bridgehead atoms. The van der Waals surface area contributed by atoms with Gasteiger partial charge in [-0.15, -0.1) is 0 Å². The fraction of sp³-hybridized carbons (Fsp3) is 0.435. The zero-order valence-corrected chi connectivity index (χ0v) is 19.6. The van der Waals surface area contributed by atoms with Gasteiger partial charge in [0.25, 0.3) is 0 Å². The molecule has 2 aromatic rings. The van der Waals surface area contributed by atoms with Crippen LogP contribution in [-0.2, 0) is 9.52 Å². The third-order valence-corrected chi connectivity index (χ3v) is 10.1. The predicted molar refractivity (Wildman–Crippen MR) is 127 cm³/mol. The maximum Gasteiger partial charge on any atom is 0.123 e. The molecule has 4 unspecified atom stereocenters. The lowest BCUT2D eigenvalue weighted by atomic mass is 9.84. The predicted octanol–water partition coefficient (Wildman–Crippen LogP) is 5.55. The Kier molecular flexibility index (Phi) is 7.28. The summed E-state index contributed by atoms with van der Waals surface area (Å²) in [4.78, 5) is 0.850. The lowest BCUT2D eigenvalue weighted by molar-refractivity contribution is 0.226. The topological polar surface area (TPSA) is 32.3 Å². The molecule has 8 heteroatoms. The number of nitrogens with one attached hydrogen (secondary N) is 1. The van der Waals surface area contributed by atoms with Crippen LogP contribution in [-0.4, -0.2) is 38.3 Å². The molecule has 1 saturated heterocycles. The summed E-state index contributed by atoms with van der Waals surface area (Å²) in [5, 5.41) is 0.858. The van der Waals surface area contributed by atoms with Gasteiger partial charge in [-0.3, -0.25) is 4.21 Å². The lowest BCUT2D eigenvalue weighted by Gasteiger charge is -2.44. The van der Waals surface area contributed by atoms with Crippen LogP contribution in [0, 0.1) is 17.6 Å². The van der Waals surface area contributed by atoms with Gasteiger partial charge < -0.3 is 0 Å². The van der Waals surface area contributed by atoms with Gasteiger partial charge in [-0.25, -0.2) is 17.8 Å². The minimum atomic E-state index is -2.26. The van der Waals surface area contributed by atoms with Crippen molar-refractivity contribution >= 4 is 39.1 Å². The molecular formula is C23H27ClF2N2OS2. The minimum Gasteiger partial charge on any atom is -0.263 e. The lowest BCUT2D eigenvalue weighted by Crippen LogP contribution is -2.51. The fourth-order valence-corrected chi connectivity index (χ4v) is 7.59. The number of nitrogens with zero attached hydrogens (tertiary/aromatic N) is 1. The van der Waals surface area contributed by atoms with Crippen molar-refractivity contribution < 1.29 is 13.0 Å². The highest BCUT2D eigenvalue weighted by Gasteiger charge is 2.41. The van der Waals surface area contributed by atoms with E-state index in [1.54, 1.807) is 0 Å². The van der Waals surface area contributed by atoms with Crippen LogP contribution in [0.15, 0.2) is 53.4 Å². The third-order valence-electron chi connectivity index (χ3n) is 6.18. The molecule has 1 heterocycles. The highest BCUT2D eigenvalue weighted by atomic mass is 35.5. The van der Waals surface area contributed by atoms with E-state index in [0.717, 1.165) is 61.0 Å². The van der Waals surface area contributed by atoms with Gasteiger partial charge >= 0.3 is 0 Å². The summed E-state index contributed by atoms with van der Waals surface area (Å²) in [6, 6.07) is 13.0. The minimum absolute atomic E-state index is 0.177. The molecule has 1 N–H and O–H groups in total.